The number of hydrogen-bond donors (Lipinski definition) is 0. The Morgan fingerprint density at radius 2 is 1.03 bits per heavy atom. The second-order valence-electron chi connectivity index (χ2n) is 10.9. The molecular weight excluding hydrogens is 427 g/mol. The molecule has 0 nitrogen and oxygen atoms in total. The lowest BCUT2D eigenvalue weighted by atomic mass is 9.89. The first-order valence-corrected chi connectivity index (χ1v) is 15.4. The highest BCUT2D eigenvalue weighted by atomic mass is 31.1. The monoisotopic (exact) mass is 466 g/mol. The average Bonchev–Trinajstić information content (AvgIpc) is 3.20. The van der Waals surface area contributed by atoms with E-state index in [-0.39, 0.29) is 13.1 Å². The van der Waals surface area contributed by atoms with Crippen LogP contribution in [0.2, 0.25) is 0 Å². The van der Waals surface area contributed by atoms with Crippen LogP contribution in [0.4, 0.5) is 0 Å². The minimum absolute atomic E-state index is 0.152. The van der Waals surface area contributed by atoms with E-state index in [1.165, 1.54) is 93.7 Å². The molecule has 2 saturated carbocycles. The lowest BCUT2D eigenvalue weighted by Crippen LogP contribution is -2.35. The number of rotatable bonds is 6. The van der Waals surface area contributed by atoms with Crippen LogP contribution >= 0.6 is 7.92 Å². The van der Waals surface area contributed by atoms with E-state index in [0.717, 1.165) is 11.3 Å². The maximum atomic E-state index is 2.53. The van der Waals surface area contributed by atoms with E-state index >= 15 is 0 Å². The van der Waals surface area contributed by atoms with Gasteiger partial charge in [-0.3, -0.25) is 0 Å². The molecule has 1 heteroatoms. The second-order valence-corrected chi connectivity index (χ2v) is 14.0. The molecule has 0 bridgehead atoms. The van der Waals surface area contributed by atoms with Crippen molar-refractivity contribution in [2.24, 2.45) is 0 Å². The third kappa shape index (κ3) is 3.97. The number of benzene rings is 3. The van der Waals surface area contributed by atoms with E-state index in [1.54, 1.807) is 11.1 Å². The van der Waals surface area contributed by atoms with Gasteiger partial charge in [0.05, 0.1) is 0 Å². The summed E-state index contributed by atoms with van der Waals surface area (Å²) in [7, 11) is -0.152. The molecule has 176 valence electrons. The molecule has 0 spiro atoms. The molecule has 34 heavy (non-hydrogen) atoms. The highest BCUT2D eigenvalue weighted by Crippen LogP contribution is 2.74. The van der Waals surface area contributed by atoms with Crippen LogP contribution in [0.3, 0.4) is 0 Å². The molecule has 0 amide bonds. The van der Waals surface area contributed by atoms with Crippen molar-refractivity contribution in [2.45, 2.75) is 93.5 Å². The molecule has 6 rings (SSSR count). The summed E-state index contributed by atoms with van der Waals surface area (Å²) in [5, 5.41) is 0.211. The number of fused-ring (bicyclic) bond motifs is 3. The minimum atomic E-state index is -0.152. The van der Waals surface area contributed by atoms with E-state index in [2.05, 4.69) is 78.9 Å². The summed E-state index contributed by atoms with van der Waals surface area (Å²) in [6.07, 6.45) is 17.1. The van der Waals surface area contributed by atoms with Crippen LogP contribution in [0.1, 0.15) is 87.3 Å². The van der Waals surface area contributed by atoms with Crippen molar-refractivity contribution < 1.29 is 0 Å². The van der Waals surface area contributed by atoms with Gasteiger partial charge in [-0.05, 0) is 77.7 Å². The van der Waals surface area contributed by atoms with Crippen molar-refractivity contribution in [1.82, 2.24) is 0 Å². The Morgan fingerprint density at radius 1 is 0.559 bits per heavy atom. The molecule has 0 saturated heterocycles. The largest absolute Gasteiger partial charge is 0.0846 e. The standard InChI is InChI=1S/C33H39P/c1-4-14-26(15-5-1)24-25-33(31-22-12-10-20-29(31)30-21-11-13-23-32(30)33)34(27-16-6-2-7-17-27)28-18-8-3-9-19-28/h1,4-5,10-15,20-23,27-28H,2-3,6-9,16-19,24-25H2. The molecule has 0 unspecified atom stereocenters. The van der Waals surface area contributed by atoms with Crippen LogP contribution in [-0.2, 0) is 11.6 Å². The molecule has 0 radical (unpaired) electrons. The summed E-state index contributed by atoms with van der Waals surface area (Å²) in [6.45, 7) is 0. The zero-order valence-corrected chi connectivity index (χ0v) is 21.5. The van der Waals surface area contributed by atoms with Crippen LogP contribution in [-0.4, -0.2) is 11.3 Å². The fourth-order valence-corrected chi connectivity index (χ4v) is 12.6. The van der Waals surface area contributed by atoms with Gasteiger partial charge in [-0.15, -0.1) is 0 Å². The van der Waals surface area contributed by atoms with Crippen molar-refractivity contribution in [1.29, 1.82) is 0 Å². The Hall–Kier alpha value is -1.91. The maximum absolute atomic E-state index is 2.53. The fourth-order valence-electron chi connectivity index (χ4n) is 7.59. The molecule has 3 aliphatic carbocycles. The highest BCUT2D eigenvalue weighted by molar-refractivity contribution is 7.60. The molecule has 0 atom stereocenters. The number of aryl methyl sites for hydroxylation is 1. The SMILES string of the molecule is c1ccc(CCC2(P(C3CCCCC3)C3CCCCC3)c3ccccc3-c3ccccc32)cc1. The summed E-state index contributed by atoms with van der Waals surface area (Å²) in [4.78, 5) is 0. The zero-order chi connectivity index (χ0) is 22.8. The predicted octanol–water partition coefficient (Wildman–Crippen LogP) is 9.69. The van der Waals surface area contributed by atoms with Crippen LogP contribution in [0.25, 0.3) is 11.1 Å². The Labute approximate surface area is 208 Å². The van der Waals surface area contributed by atoms with Crippen molar-refractivity contribution in [3.05, 3.63) is 95.6 Å². The molecule has 0 N–H and O–H groups in total. The first kappa shape index (κ1) is 22.5. The van der Waals surface area contributed by atoms with Crippen molar-refractivity contribution in [3.63, 3.8) is 0 Å². The quantitative estimate of drug-likeness (QED) is 0.317. The van der Waals surface area contributed by atoms with Crippen LogP contribution in [0, 0.1) is 0 Å². The average molecular weight is 467 g/mol. The van der Waals surface area contributed by atoms with Gasteiger partial charge in [0, 0.05) is 5.16 Å². The molecule has 2 fully saturated rings. The van der Waals surface area contributed by atoms with Crippen LogP contribution in [0.5, 0.6) is 0 Å². The van der Waals surface area contributed by atoms with Gasteiger partial charge in [-0.25, -0.2) is 0 Å². The van der Waals surface area contributed by atoms with Gasteiger partial charge in [0.15, 0.2) is 0 Å². The minimum Gasteiger partial charge on any atom is -0.0846 e. The molecule has 3 aliphatic rings. The lowest BCUT2D eigenvalue weighted by molar-refractivity contribution is 0.471. The van der Waals surface area contributed by atoms with Gasteiger partial charge >= 0.3 is 0 Å². The van der Waals surface area contributed by atoms with E-state index in [0.29, 0.717) is 0 Å². The smallest absolute Gasteiger partial charge is 0.0421 e. The van der Waals surface area contributed by atoms with Crippen LogP contribution in [0.15, 0.2) is 78.9 Å². The Bertz CT molecular complexity index is 1020. The Kier molecular flexibility index (Phi) is 6.62. The van der Waals surface area contributed by atoms with Gasteiger partial charge in [0.2, 0.25) is 0 Å². The van der Waals surface area contributed by atoms with Gasteiger partial charge < -0.3 is 0 Å². The predicted molar refractivity (Wildman–Crippen MR) is 148 cm³/mol. The summed E-state index contributed by atoms with van der Waals surface area (Å²) in [5.74, 6) is 0. The van der Waals surface area contributed by atoms with Crippen molar-refractivity contribution in [2.75, 3.05) is 0 Å². The topological polar surface area (TPSA) is 0 Å². The fraction of sp³-hybridized carbons (Fsp3) is 0.455. The number of hydrogen-bond acceptors (Lipinski definition) is 0. The van der Waals surface area contributed by atoms with Crippen LogP contribution < -0.4 is 0 Å². The van der Waals surface area contributed by atoms with E-state index < -0.39 is 0 Å². The first-order valence-electron chi connectivity index (χ1n) is 13.9. The normalized spacial score (nSPS) is 20.3. The van der Waals surface area contributed by atoms with Gasteiger partial charge in [-0.2, -0.15) is 0 Å². The maximum Gasteiger partial charge on any atom is 0.0421 e. The van der Waals surface area contributed by atoms with E-state index in [1.807, 2.05) is 0 Å². The lowest BCUT2D eigenvalue weighted by Gasteiger charge is -2.50. The summed E-state index contributed by atoms with van der Waals surface area (Å²) < 4.78 is 0. The van der Waals surface area contributed by atoms with Gasteiger partial charge in [-0.1, -0.05) is 125 Å². The van der Waals surface area contributed by atoms with E-state index in [4.69, 9.17) is 0 Å². The molecule has 3 aromatic carbocycles. The summed E-state index contributed by atoms with van der Waals surface area (Å²) >= 11 is 0. The summed E-state index contributed by atoms with van der Waals surface area (Å²) in [6, 6.07) is 30.4. The van der Waals surface area contributed by atoms with Gasteiger partial charge in [0.25, 0.3) is 0 Å². The second kappa shape index (κ2) is 9.99. The molecule has 0 aromatic heterocycles. The molecule has 0 heterocycles. The highest BCUT2D eigenvalue weighted by Gasteiger charge is 2.52. The van der Waals surface area contributed by atoms with Crippen molar-refractivity contribution in [3.8, 4) is 11.1 Å². The van der Waals surface area contributed by atoms with Gasteiger partial charge in [0.1, 0.15) is 0 Å². The molecule has 3 aromatic rings. The molecular formula is C33H39P. The Morgan fingerprint density at radius 3 is 1.56 bits per heavy atom. The molecule has 0 aliphatic heterocycles. The third-order valence-electron chi connectivity index (χ3n) is 9.03. The first-order chi connectivity index (χ1) is 16.9. The Balaban J connectivity index is 1.54. The summed E-state index contributed by atoms with van der Waals surface area (Å²) in [5.41, 5.74) is 9.79. The third-order valence-corrected chi connectivity index (χ3v) is 13.2. The van der Waals surface area contributed by atoms with E-state index in [9.17, 15) is 0 Å². The van der Waals surface area contributed by atoms with Crippen molar-refractivity contribution >= 4 is 7.92 Å². The zero-order valence-electron chi connectivity index (χ0n) is 20.6.